The molecule has 0 aromatic carbocycles. The first-order chi connectivity index (χ1) is 4.99. The third-order valence-electron chi connectivity index (χ3n) is 1.63. The first-order valence-electron chi connectivity index (χ1n) is 3.80. The Bertz CT molecular complexity index is 145. The number of hydrogen-bond donors (Lipinski definition) is 0. The van der Waals surface area contributed by atoms with Gasteiger partial charge in [0, 0.05) is 11.7 Å². The van der Waals surface area contributed by atoms with E-state index >= 15 is 0 Å². The fraction of sp³-hybridized carbons (Fsp3) is 0.875. The maximum Gasteiger partial charge on any atom is 0.0655 e. The molecule has 0 radical (unpaired) electrons. The molecule has 0 saturated carbocycles. The summed E-state index contributed by atoms with van der Waals surface area (Å²) in [5.41, 5.74) is 0. The Hall–Kier alpha value is -0.230. The molecular weight excluding hydrogens is 161 g/mol. The molecule has 0 aliphatic rings. The molecular formula is C8H16FNS. The molecule has 1 atom stereocenters. The lowest BCUT2D eigenvalue weighted by molar-refractivity contribution is 0.620. The van der Waals surface area contributed by atoms with Crippen LogP contribution in [0.15, 0.2) is 0 Å². The van der Waals surface area contributed by atoms with E-state index in [4.69, 9.17) is 5.26 Å². The van der Waals surface area contributed by atoms with Crippen LogP contribution in [0.3, 0.4) is 0 Å². The minimum atomic E-state index is -1.89. The second-order valence-electron chi connectivity index (χ2n) is 3.13. The van der Waals surface area contributed by atoms with Crippen LogP contribution in [0.1, 0.15) is 19.8 Å². The van der Waals surface area contributed by atoms with E-state index in [1.165, 1.54) is 0 Å². The number of hydrogen-bond acceptors (Lipinski definition) is 1. The number of rotatable bonds is 4. The van der Waals surface area contributed by atoms with Crippen molar-refractivity contribution < 1.29 is 3.89 Å². The fourth-order valence-corrected chi connectivity index (χ4v) is 1.63. The average molecular weight is 177 g/mol. The van der Waals surface area contributed by atoms with Crippen molar-refractivity contribution >= 4 is 10.4 Å². The van der Waals surface area contributed by atoms with Crippen LogP contribution in [0, 0.1) is 17.2 Å². The largest absolute Gasteiger partial charge is 0.198 e. The smallest absolute Gasteiger partial charge is 0.0655 e. The molecule has 0 N–H and O–H groups in total. The molecule has 0 saturated heterocycles. The molecule has 0 spiro atoms. The normalized spacial score (nSPS) is 15.5. The molecule has 0 aliphatic heterocycles. The predicted molar refractivity (Wildman–Crippen MR) is 49.4 cm³/mol. The van der Waals surface area contributed by atoms with Crippen LogP contribution in [0.2, 0.25) is 0 Å². The summed E-state index contributed by atoms with van der Waals surface area (Å²) in [5.74, 6) is 0.622. The van der Waals surface area contributed by atoms with Gasteiger partial charge in [0.05, 0.1) is 6.07 Å². The van der Waals surface area contributed by atoms with Gasteiger partial charge in [-0.25, -0.2) is 0 Å². The van der Waals surface area contributed by atoms with Gasteiger partial charge < -0.3 is 0 Å². The SMILES string of the molecule is CCC(C#N)CCS(C)(C)F. The van der Waals surface area contributed by atoms with Crippen molar-refractivity contribution in [3.8, 4) is 6.07 Å². The summed E-state index contributed by atoms with van der Waals surface area (Å²) in [5, 5.41) is 8.56. The lowest BCUT2D eigenvalue weighted by Gasteiger charge is -2.20. The Morgan fingerprint density at radius 2 is 2.09 bits per heavy atom. The van der Waals surface area contributed by atoms with Gasteiger partial charge in [-0.1, -0.05) is 17.3 Å². The van der Waals surface area contributed by atoms with E-state index in [0.29, 0.717) is 12.2 Å². The first-order valence-corrected chi connectivity index (χ1v) is 6.31. The summed E-state index contributed by atoms with van der Waals surface area (Å²) < 4.78 is 13.0. The van der Waals surface area contributed by atoms with Gasteiger partial charge in [0.1, 0.15) is 0 Å². The molecule has 0 amide bonds. The number of halogens is 1. The summed E-state index contributed by atoms with van der Waals surface area (Å²) >= 11 is 0. The highest BCUT2D eigenvalue weighted by Crippen LogP contribution is 2.42. The van der Waals surface area contributed by atoms with Crippen molar-refractivity contribution in [2.75, 3.05) is 18.3 Å². The molecule has 66 valence electrons. The van der Waals surface area contributed by atoms with Gasteiger partial charge in [0.15, 0.2) is 0 Å². The summed E-state index contributed by atoms with van der Waals surface area (Å²) in [7, 11) is -1.89. The lowest BCUT2D eigenvalue weighted by atomic mass is 10.1. The number of nitriles is 1. The molecule has 0 aromatic heterocycles. The van der Waals surface area contributed by atoms with E-state index < -0.39 is 10.4 Å². The molecule has 0 aliphatic carbocycles. The maximum atomic E-state index is 13.0. The molecule has 11 heavy (non-hydrogen) atoms. The van der Waals surface area contributed by atoms with E-state index in [-0.39, 0.29) is 5.92 Å². The Kier molecular flexibility index (Phi) is 4.51. The van der Waals surface area contributed by atoms with Crippen molar-refractivity contribution in [2.45, 2.75) is 19.8 Å². The first kappa shape index (κ1) is 10.8. The maximum absolute atomic E-state index is 13.0. The quantitative estimate of drug-likeness (QED) is 0.647. The van der Waals surface area contributed by atoms with Gasteiger partial charge in [0.25, 0.3) is 0 Å². The van der Waals surface area contributed by atoms with Gasteiger partial charge >= 0.3 is 0 Å². The van der Waals surface area contributed by atoms with Gasteiger partial charge in [-0.05, 0) is 25.4 Å². The zero-order chi connectivity index (χ0) is 8.91. The Morgan fingerprint density at radius 1 is 1.55 bits per heavy atom. The topological polar surface area (TPSA) is 23.8 Å². The Balaban J connectivity index is 3.62. The van der Waals surface area contributed by atoms with E-state index in [2.05, 4.69) is 6.07 Å². The van der Waals surface area contributed by atoms with E-state index in [1.54, 1.807) is 12.5 Å². The van der Waals surface area contributed by atoms with Crippen LogP contribution in [-0.2, 0) is 0 Å². The minimum absolute atomic E-state index is 0.0533. The summed E-state index contributed by atoms with van der Waals surface area (Å²) in [4.78, 5) is 0. The zero-order valence-electron chi connectivity index (χ0n) is 7.43. The monoisotopic (exact) mass is 177 g/mol. The van der Waals surface area contributed by atoms with Gasteiger partial charge in [-0.15, -0.1) is 0 Å². The van der Waals surface area contributed by atoms with Gasteiger partial charge in [-0.3, -0.25) is 0 Å². The van der Waals surface area contributed by atoms with Gasteiger partial charge in [-0.2, -0.15) is 9.15 Å². The molecule has 0 rings (SSSR count). The van der Waals surface area contributed by atoms with Crippen molar-refractivity contribution in [3.63, 3.8) is 0 Å². The van der Waals surface area contributed by atoms with Crippen molar-refractivity contribution in [3.05, 3.63) is 0 Å². The Labute approximate surface area is 70.2 Å². The second kappa shape index (κ2) is 4.61. The predicted octanol–water partition coefficient (Wildman–Crippen LogP) is 2.87. The van der Waals surface area contributed by atoms with Crippen LogP contribution >= 0.6 is 10.4 Å². The lowest BCUT2D eigenvalue weighted by Crippen LogP contribution is -2.02. The van der Waals surface area contributed by atoms with Crippen LogP contribution in [0.25, 0.3) is 0 Å². The van der Waals surface area contributed by atoms with Crippen LogP contribution in [0.4, 0.5) is 3.89 Å². The van der Waals surface area contributed by atoms with E-state index in [0.717, 1.165) is 6.42 Å². The third-order valence-corrected chi connectivity index (χ3v) is 2.83. The third kappa shape index (κ3) is 6.18. The highest BCUT2D eigenvalue weighted by molar-refractivity contribution is 8.28. The molecule has 0 fully saturated rings. The second-order valence-corrected chi connectivity index (χ2v) is 6.35. The summed E-state index contributed by atoms with van der Waals surface area (Å²) in [6.45, 7) is 1.97. The van der Waals surface area contributed by atoms with Gasteiger partial charge in [0.2, 0.25) is 0 Å². The average Bonchev–Trinajstić information content (AvgIpc) is 1.88. The molecule has 0 heterocycles. The molecule has 0 aromatic rings. The zero-order valence-corrected chi connectivity index (χ0v) is 8.25. The molecule has 1 unspecified atom stereocenters. The number of nitrogens with zero attached hydrogens (tertiary/aromatic N) is 1. The van der Waals surface area contributed by atoms with Crippen LogP contribution in [0.5, 0.6) is 0 Å². The van der Waals surface area contributed by atoms with E-state index in [9.17, 15) is 3.89 Å². The fourth-order valence-electron chi connectivity index (χ4n) is 0.782. The van der Waals surface area contributed by atoms with Crippen molar-refractivity contribution in [2.24, 2.45) is 5.92 Å². The highest BCUT2D eigenvalue weighted by Gasteiger charge is 2.12. The highest BCUT2D eigenvalue weighted by atomic mass is 32.3. The van der Waals surface area contributed by atoms with Crippen LogP contribution in [-0.4, -0.2) is 18.3 Å². The van der Waals surface area contributed by atoms with Crippen molar-refractivity contribution in [1.82, 2.24) is 0 Å². The Morgan fingerprint density at radius 3 is 2.36 bits per heavy atom. The summed E-state index contributed by atoms with van der Waals surface area (Å²) in [6.07, 6.45) is 4.83. The van der Waals surface area contributed by atoms with Crippen LogP contribution < -0.4 is 0 Å². The molecule has 1 nitrogen and oxygen atoms in total. The minimum Gasteiger partial charge on any atom is -0.198 e. The summed E-state index contributed by atoms with van der Waals surface area (Å²) in [6, 6.07) is 2.17. The standard InChI is InChI=1S/C8H16FNS/c1-4-8(7-10)5-6-11(2,3)9/h8H,4-6H2,1-3H3. The van der Waals surface area contributed by atoms with E-state index in [1.807, 2.05) is 6.92 Å². The molecule has 0 bridgehead atoms. The molecule has 3 heteroatoms. The van der Waals surface area contributed by atoms with Crippen molar-refractivity contribution in [1.29, 1.82) is 5.26 Å².